The van der Waals surface area contributed by atoms with Gasteiger partial charge in [-0.05, 0) is 35.8 Å². The van der Waals surface area contributed by atoms with Gasteiger partial charge in [-0.25, -0.2) is 0 Å². The number of carbonyl (C=O) groups excluding carboxylic acids is 1. The van der Waals surface area contributed by atoms with E-state index in [1.807, 2.05) is 6.92 Å². The van der Waals surface area contributed by atoms with E-state index < -0.39 is 0 Å². The van der Waals surface area contributed by atoms with Crippen molar-refractivity contribution < 1.29 is 4.79 Å². The van der Waals surface area contributed by atoms with E-state index in [-0.39, 0.29) is 5.91 Å². The zero-order chi connectivity index (χ0) is 12.3. The Labute approximate surface area is 103 Å². The van der Waals surface area contributed by atoms with E-state index in [9.17, 15) is 4.79 Å². The van der Waals surface area contributed by atoms with Crippen molar-refractivity contribution in [2.75, 3.05) is 6.54 Å². The molecule has 1 aromatic rings. The fourth-order valence-corrected chi connectivity index (χ4v) is 2.44. The smallest absolute Gasteiger partial charge is 0.219 e. The fraction of sp³-hybridized carbons (Fsp3) is 0.533. The first kappa shape index (κ1) is 12.2. The standard InChI is InChI=1S/C15H21NO/c1-3-11-7-5-6-8-13(11)14-9-12(14)10-16-15(17)4-2/h5-8,12,14H,3-4,9-10H2,1-2H3,(H,16,17)/t12?,14-/m1/s1. The molecule has 2 nitrogen and oxygen atoms in total. The minimum absolute atomic E-state index is 0.166. The normalized spacial score (nSPS) is 22.2. The van der Waals surface area contributed by atoms with Gasteiger partial charge in [0.05, 0.1) is 0 Å². The molecule has 1 unspecified atom stereocenters. The van der Waals surface area contributed by atoms with Gasteiger partial charge in [0.2, 0.25) is 5.91 Å². The van der Waals surface area contributed by atoms with Crippen molar-refractivity contribution in [2.24, 2.45) is 5.92 Å². The summed E-state index contributed by atoms with van der Waals surface area (Å²) >= 11 is 0. The van der Waals surface area contributed by atoms with Crippen molar-refractivity contribution in [2.45, 2.75) is 39.0 Å². The molecule has 0 aliphatic heterocycles. The van der Waals surface area contributed by atoms with Crippen LogP contribution in [0.25, 0.3) is 0 Å². The van der Waals surface area contributed by atoms with Gasteiger partial charge in [0, 0.05) is 13.0 Å². The predicted molar refractivity (Wildman–Crippen MR) is 70.0 cm³/mol. The quantitative estimate of drug-likeness (QED) is 0.829. The maximum absolute atomic E-state index is 11.2. The Morgan fingerprint density at radius 1 is 1.35 bits per heavy atom. The first-order valence-corrected chi connectivity index (χ1v) is 6.60. The zero-order valence-corrected chi connectivity index (χ0v) is 10.7. The monoisotopic (exact) mass is 231 g/mol. The third-order valence-corrected chi connectivity index (χ3v) is 3.64. The lowest BCUT2D eigenvalue weighted by molar-refractivity contribution is -0.120. The third-order valence-electron chi connectivity index (χ3n) is 3.64. The molecule has 2 rings (SSSR count). The van der Waals surface area contributed by atoms with Crippen LogP contribution in [0, 0.1) is 5.92 Å². The highest BCUT2D eigenvalue weighted by Crippen LogP contribution is 2.48. The van der Waals surface area contributed by atoms with Crippen LogP contribution in [0.4, 0.5) is 0 Å². The van der Waals surface area contributed by atoms with E-state index in [0.29, 0.717) is 18.3 Å². The summed E-state index contributed by atoms with van der Waals surface area (Å²) in [7, 11) is 0. The van der Waals surface area contributed by atoms with Gasteiger partial charge in [0.25, 0.3) is 0 Å². The van der Waals surface area contributed by atoms with Crippen molar-refractivity contribution in [1.82, 2.24) is 5.32 Å². The summed E-state index contributed by atoms with van der Waals surface area (Å²) in [5.74, 6) is 1.49. The molecular weight excluding hydrogens is 210 g/mol. The van der Waals surface area contributed by atoms with Crippen LogP contribution in [0.1, 0.15) is 43.7 Å². The van der Waals surface area contributed by atoms with Crippen LogP contribution < -0.4 is 5.32 Å². The first-order chi connectivity index (χ1) is 8.26. The van der Waals surface area contributed by atoms with Crippen LogP contribution in [-0.4, -0.2) is 12.5 Å². The Morgan fingerprint density at radius 3 is 2.82 bits per heavy atom. The molecule has 0 radical (unpaired) electrons. The van der Waals surface area contributed by atoms with Crippen LogP contribution in [0.15, 0.2) is 24.3 Å². The molecule has 1 aliphatic rings. The van der Waals surface area contributed by atoms with E-state index in [4.69, 9.17) is 0 Å². The van der Waals surface area contributed by atoms with Gasteiger partial charge in [-0.15, -0.1) is 0 Å². The number of hydrogen-bond acceptors (Lipinski definition) is 1. The highest BCUT2D eigenvalue weighted by molar-refractivity contribution is 5.75. The summed E-state index contributed by atoms with van der Waals surface area (Å²) in [5, 5.41) is 2.99. The predicted octanol–water partition coefficient (Wildman–Crippen LogP) is 2.88. The minimum atomic E-state index is 0.166. The van der Waals surface area contributed by atoms with Crippen LogP contribution in [0.5, 0.6) is 0 Å². The Hall–Kier alpha value is -1.31. The molecule has 1 amide bonds. The fourth-order valence-electron chi connectivity index (χ4n) is 2.44. The van der Waals surface area contributed by atoms with E-state index in [2.05, 4.69) is 36.5 Å². The van der Waals surface area contributed by atoms with Crippen LogP contribution in [0.2, 0.25) is 0 Å². The Balaban J connectivity index is 1.91. The van der Waals surface area contributed by atoms with Crippen LogP contribution in [-0.2, 0) is 11.2 Å². The molecule has 0 aromatic heterocycles. The number of carbonyl (C=O) groups is 1. The molecule has 17 heavy (non-hydrogen) atoms. The summed E-state index contributed by atoms with van der Waals surface area (Å²) in [6.45, 7) is 4.94. The molecular formula is C15H21NO. The van der Waals surface area contributed by atoms with Gasteiger partial charge in [0.1, 0.15) is 0 Å². The van der Waals surface area contributed by atoms with Crippen LogP contribution >= 0.6 is 0 Å². The van der Waals surface area contributed by atoms with Crippen molar-refractivity contribution in [3.8, 4) is 0 Å². The topological polar surface area (TPSA) is 29.1 Å². The molecule has 1 N–H and O–H groups in total. The summed E-state index contributed by atoms with van der Waals surface area (Å²) < 4.78 is 0. The SMILES string of the molecule is CCC(=O)NCC1C[C@H]1c1ccccc1CC. The summed E-state index contributed by atoms with van der Waals surface area (Å²) in [6.07, 6.45) is 2.91. The second-order valence-electron chi connectivity index (χ2n) is 4.81. The maximum Gasteiger partial charge on any atom is 0.219 e. The number of benzene rings is 1. The van der Waals surface area contributed by atoms with Gasteiger partial charge in [-0.1, -0.05) is 38.1 Å². The van der Waals surface area contributed by atoms with E-state index in [1.54, 1.807) is 0 Å². The number of aryl methyl sites for hydroxylation is 1. The lowest BCUT2D eigenvalue weighted by atomic mass is 10.0. The van der Waals surface area contributed by atoms with Gasteiger partial charge < -0.3 is 5.32 Å². The summed E-state index contributed by atoms with van der Waals surface area (Å²) in [5.41, 5.74) is 2.95. The van der Waals surface area contributed by atoms with Gasteiger partial charge in [0.15, 0.2) is 0 Å². The molecule has 0 spiro atoms. The largest absolute Gasteiger partial charge is 0.356 e. The Morgan fingerprint density at radius 2 is 2.12 bits per heavy atom. The molecule has 1 saturated carbocycles. The Kier molecular flexibility index (Phi) is 3.82. The van der Waals surface area contributed by atoms with Gasteiger partial charge in [-0.2, -0.15) is 0 Å². The molecule has 0 heterocycles. The molecule has 1 fully saturated rings. The van der Waals surface area contributed by atoms with E-state index >= 15 is 0 Å². The molecule has 1 aliphatic carbocycles. The summed E-state index contributed by atoms with van der Waals surface area (Å²) in [6, 6.07) is 8.69. The van der Waals surface area contributed by atoms with Crippen LogP contribution in [0.3, 0.4) is 0 Å². The number of hydrogen-bond donors (Lipinski definition) is 1. The molecule has 1 aromatic carbocycles. The average molecular weight is 231 g/mol. The highest BCUT2D eigenvalue weighted by Gasteiger charge is 2.38. The first-order valence-electron chi connectivity index (χ1n) is 6.60. The van der Waals surface area contributed by atoms with E-state index in [1.165, 1.54) is 17.5 Å². The number of rotatable bonds is 5. The molecule has 0 saturated heterocycles. The van der Waals surface area contributed by atoms with Gasteiger partial charge in [-0.3, -0.25) is 4.79 Å². The molecule has 0 bridgehead atoms. The van der Waals surface area contributed by atoms with E-state index in [0.717, 1.165) is 13.0 Å². The van der Waals surface area contributed by atoms with Crippen molar-refractivity contribution in [3.05, 3.63) is 35.4 Å². The second-order valence-corrected chi connectivity index (χ2v) is 4.81. The molecule has 2 atom stereocenters. The zero-order valence-electron chi connectivity index (χ0n) is 10.7. The number of amides is 1. The van der Waals surface area contributed by atoms with Crippen molar-refractivity contribution in [3.63, 3.8) is 0 Å². The molecule has 2 heteroatoms. The lowest BCUT2D eigenvalue weighted by Gasteiger charge is -2.07. The third kappa shape index (κ3) is 2.87. The lowest BCUT2D eigenvalue weighted by Crippen LogP contribution is -2.24. The minimum Gasteiger partial charge on any atom is -0.356 e. The van der Waals surface area contributed by atoms with Crippen molar-refractivity contribution in [1.29, 1.82) is 0 Å². The van der Waals surface area contributed by atoms with Gasteiger partial charge >= 0.3 is 0 Å². The Bertz CT molecular complexity index is 400. The summed E-state index contributed by atoms with van der Waals surface area (Å²) in [4.78, 5) is 11.2. The average Bonchev–Trinajstić information content (AvgIpc) is 3.15. The molecule has 92 valence electrons. The number of nitrogens with one attached hydrogen (secondary N) is 1. The highest BCUT2D eigenvalue weighted by atomic mass is 16.1. The van der Waals surface area contributed by atoms with Crippen molar-refractivity contribution >= 4 is 5.91 Å². The maximum atomic E-state index is 11.2. The second kappa shape index (κ2) is 5.35.